The van der Waals surface area contributed by atoms with E-state index in [0.717, 1.165) is 12.2 Å². The Morgan fingerprint density at radius 2 is 1.81 bits per heavy atom. The molecule has 2 aliphatic heterocycles. The molecule has 1 aromatic heterocycles. The molecule has 142 valence electrons. The van der Waals surface area contributed by atoms with Gasteiger partial charge in [0, 0.05) is 42.9 Å². The Bertz CT molecular complexity index is 816. The van der Waals surface area contributed by atoms with Crippen LogP contribution in [0.4, 0.5) is 5.69 Å². The van der Waals surface area contributed by atoms with Gasteiger partial charge in [-0.05, 0) is 24.3 Å². The number of benzene rings is 1. The third kappa shape index (κ3) is 3.83. The molecular formula is C20H23N3O3S. The molecule has 0 saturated carbocycles. The van der Waals surface area contributed by atoms with Crippen molar-refractivity contribution in [2.75, 3.05) is 44.2 Å². The summed E-state index contributed by atoms with van der Waals surface area (Å²) in [6, 6.07) is 11.6. The molecule has 2 aromatic rings. The minimum Gasteiger partial charge on any atom is -0.459 e. The molecule has 0 bridgehead atoms. The number of nitrogens with zero attached hydrogens (tertiary/aromatic N) is 3. The van der Waals surface area contributed by atoms with Gasteiger partial charge in [0.1, 0.15) is 0 Å². The molecule has 0 radical (unpaired) electrons. The van der Waals surface area contributed by atoms with Gasteiger partial charge in [0.25, 0.3) is 5.91 Å². The molecule has 3 heterocycles. The molecule has 1 atom stereocenters. The summed E-state index contributed by atoms with van der Waals surface area (Å²) in [6.07, 6.45) is 1.50. The van der Waals surface area contributed by atoms with Gasteiger partial charge in [-0.25, -0.2) is 0 Å². The fourth-order valence-electron chi connectivity index (χ4n) is 3.61. The van der Waals surface area contributed by atoms with Crippen molar-refractivity contribution in [3.63, 3.8) is 0 Å². The first kappa shape index (κ1) is 18.0. The molecule has 1 aromatic carbocycles. The highest BCUT2D eigenvalue weighted by molar-refractivity contribution is 8.00. The van der Waals surface area contributed by atoms with E-state index < -0.39 is 0 Å². The van der Waals surface area contributed by atoms with Crippen LogP contribution in [-0.4, -0.2) is 66.1 Å². The van der Waals surface area contributed by atoms with E-state index in [1.165, 1.54) is 11.2 Å². The summed E-state index contributed by atoms with van der Waals surface area (Å²) in [7, 11) is 0. The van der Waals surface area contributed by atoms with Gasteiger partial charge in [-0.3, -0.25) is 9.59 Å². The van der Waals surface area contributed by atoms with Crippen LogP contribution in [0.1, 0.15) is 17.5 Å². The van der Waals surface area contributed by atoms with Crippen LogP contribution < -0.4 is 4.90 Å². The van der Waals surface area contributed by atoms with Gasteiger partial charge in [0.2, 0.25) is 5.91 Å². The third-order valence-corrected chi connectivity index (χ3v) is 6.14. The van der Waals surface area contributed by atoms with Gasteiger partial charge in [-0.2, -0.15) is 0 Å². The maximum Gasteiger partial charge on any atom is 0.289 e. The number of fused-ring (bicyclic) bond motifs is 1. The zero-order valence-electron chi connectivity index (χ0n) is 15.3. The molecule has 0 N–H and O–H groups in total. The van der Waals surface area contributed by atoms with Crippen molar-refractivity contribution in [1.29, 1.82) is 0 Å². The fraction of sp³-hybridized carbons (Fsp3) is 0.400. The van der Waals surface area contributed by atoms with Crippen LogP contribution in [-0.2, 0) is 4.79 Å². The SMILES string of the molecule is CC1CN(CC(=O)N2CCN(C(=O)c3ccco3)CC2)c2ccccc2S1. The Morgan fingerprint density at radius 3 is 2.56 bits per heavy atom. The number of furan rings is 1. The molecule has 2 aliphatic rings. The van der Waals surface area contributed by atoms with Crippen LogP contribution in [0, 0.1) is 0 Å². The molecule has 6 nitrogen and oxygen atoms in total. The first-order valence-corrected chi connectivity index (χ1v) is 10.1. The molecule has 2 amide bonds. The summed E-state index contributed by atoms with van der Waals surface area (Å²) in [4.78, 5) is 32.2. The third-order valence-electron chi connectivity index (χ3n) is 4.99. The molecule has 1 fully saturated rings. The molecule has 0 aliphatic carbocycles. The number of piperazine rings is 1. The number of hydrogen-bond acceptors (Lipinski definition) is 5. The highest BCUT2D eigenvalue weighted by Gasteiger charge is 2.29. The second-order valence-corrected chi connectivity index (χ2v) is 8.41. The van der Waals surface area contributed by atoms with E-state index in [2.05, 4.69) is 24.0 Å². The number of thioether (sulfide) groups is 1. The van der Waals surface area contributed by atoms with E-state index in [0.29, 0.717) is 43.7 Å². The Labute approximate surface area is 163 Å². The van der Waals surface area contributed by atoms with E-state index in [-0.39, 0.29) is 11.8 Å². The second kappa shape index (κ2) is 7.68. The molecule has 4 rings (SSSR count). The zero-order chi connectivity index (χ0) is 18.8. The lowest BCUT2D eigenvalue weighted by molar-refractivity contribution is -0.131. The van der Waals surface area contributed by atoms with Crippen LogP contribution in [0.3, 0.4) is 0 Å². The smallest absolute Gasteiger partial charge is 0.289 e. The number of rotatable bonds is 3. The highest BCUT2D eigenvalue weighted by atomic mass is 32.2. The minimum atomic E-state index is -0.108. The number of amides is 2. The fourth-order valence-corrected chi connectivity index (χ4v) is 4.77. The second-order valence-electron chi connectivity index (χ2n) is 6.93. The summed E-state index contributed by atoms with van der Waals surface area (Å²) < 4.78 is 5.19. The highest BCUT2D eigenvalue weighted by Crippen LogP contribution is 2.37. The first-order valence-electron chi connectivity index (χ1n) is 9.23. The van der Waals surface area contributed by atoms with Crippen LogP contribution in [0.5, 0.6) is 0 Å². The molecule has 27 heavy (non-hydrogen) atoms. The molecule has 7 heteroatoms. The van der Waals surface area contributed by atoms with Crippen molar-refractivity contribution < 1.29 is 14.0 Å². The summed E-state index contributed by atoms with van der Waals surface area (Å²) >= 11 is 1.86. The van der Waals surface area contributed by atoms with Crippen molar-refractivity contribution in [2.24, 2.45) is 0 Å². The van der Waals surface area contributed by atoms with Crippen LogP contribution in [0.2, 0.25) is 0 Å². The van der Waals surface area contributed by atoms with E-state index >= 15 is 0 Å². The quantitative estimate of drug-likeness (QED) is 0.813. The Hall–Kier alpha value is -2.41. The minimum absolute atomic E-state index is 0.108. The van der Waals surface area contributed by atoms with Crippen molar-refractivity contribution in [1.82, 2.24) is 9.80 Å². The lowest BCUT2D eigenvalue weighted by Crippen LogP contribution is -2.53. The molecule has 1 unspecified atom stereocenters. The lowest BCUT2D eigenvalue weighted by Gasteiger charge is -2.38. The maximum absolute atomic E-state index is 12.8. The average Bonchev–Trinajstić information content (AvgIpc) is 3.22. The van der Waals surface area contributed by atoms with E-state index in [9.17, 15) is 9.59 Å². The van der Waals surface area contributed by atoms with Crippen LogP contribution in [0.15, 0.2) is 52.0 Å². The summed E-state index contributed by atoms with van der Waals surface area (Å²) in [5.41, 5.74) is 1.14. The number of carbonyl (C=O) groups excluding carboxylic acids is 2. The van der Waals surface area contributed by atoms with E-state index in [4.69, 9.17) is 4.42 Å². The molecule has 0 spiro atoms. The van der Waals surface area contributed by atoms with Gasteiger partial charge < -0.3 is 19.1 Å². The largest absolute Gasteiger partial charge is 0.459 e. The van der Waals surface area contributed by atoms with Gasteiger partial charge in [0.05, 0.1) is 18.5 Å². The standard InChI is InChI=1S/C20H23N3O3S/c1-15-13-23(16-5-2-3-7-18(16)27-15)14-19(24)21-8-10-22(11-9-21)20(25)17-6-4-12-26-17/h2-7,12,15H,8-11,13-14H2,1H3. The predicted octanol–water partition coefficient (Wildman–Crippen LogP) is 2.56. The van der Waals surface area contributed by atoms with Crippen molar-refractivity contribution >= 4 is 29.3 Å². The summed E-state index contributed by atoms with van der Waals surface area (Å²) in [5, 5.41) is 0.454. The van der Waals surface area contributed by atoms with Gasteiger partial charge in [-0.1, -0.05) is 19.1 Å². The number of para-hydroxylation sites is 1. The average molecular weight is 385 g/mol. The Morgan fingerprint density at radius 1 is 1.07 bits per heavy atom. The molecule has 1 saturated heterocycles. The predicted molar refractivity (Wildman–Crippen MR) is 105 cm³/mol. The monoisotopic (exact) mass is 385 g/mol. The number of hydrogen-bond donors (Lipinski definition) is 0. The van der Waals surface area contributed by atoms with Crippen LogP contribution >= 0.6 is 11.8 Å². The Kier molecular flexibility index (Phi) is 5.11. The summed E-state index contributed by atoms with van der Waals surface area (Å²) in [6.45, 7) is 5.63. The normalized spacial score (nSPS) is 19.7. The summed E-state index contributed by atoms with van der Waals surface area (Å²) in [5.74, 6) is 0.364. The van der Waals surface area contributed by atoms with Crippen LogP contribution in [0.25, 0.3) is 0 Å². The number of anilines is 1. The van der Waals surface area contributed by atoms with E-state index in [1.54, 1.807) is 17.0 Å². The van der Waals surface area contributed by atoms with Crippen molar-refractivity contribution in [3.8, 4) is 0 Å². The Balaban J connectivity index is 1.36. The van der Waals surface area contributed by atoms with Crippen molar-refractivity contribution in [2.45, 2.75) is 17.1 Å². The topological polar surface area (TPSA) is 57.0 Å². The van der Waals surface area contributed by atoms with Gasteiger partial charge in [-0.15, -0.1) is 11.8 Å². The van der Waals surface area contributed by atoms with Gasteiger partial charge in [0.15, 0.2) is 5.76 Å². The number of carbonyl (C=O) groups is 2. The van der Waals surface area contributed by atoms with Gasteiger partial charge >= 0.3 is 0 Å². The zero-order valence-corrected chi connectivity index (χ0v) is 16.2. The first-order chi connectivity index (χ1) is 13.1. The maximum atomic E-state index is 12.8. The van der Waals surface area contributed by atoms with Crippen molar-refractivity contribution in [3.05, 3.63) is 48.4 Å². The molecular weight excluding hydrogens is 362 g/mol. The lowest BCUT2D eigenvalue weighted by atomic mass is 10.2. The van der Waals surface area contributed by atoms with E-state index in [1.807, 2.05) is 28.8 Å².